The van der Waals surface area contributed by atoms with Gasteiger partial charge < -0.3 is 10.3 Å². The average molecular weight is 185 g/mol. The maximum atomic E-state index is 10.4. The van der Waals surface area contributed by atoms with Crippen LogP contribution in [0.3, 0.4) is 0 Å². The Kier molecular flexibility index (Phi) is 2.82. The molecule has 0 amide bonds. The number of hydrogen-bond donors (Lipinski definition) is 2. The minimum Gasteiger partial charge on any atom is -0.477 e. The van der Waals surface area contributed by atoms with Crippen LogP contribution in [0.15, 0.2) is 22.7 Å². The van der Waals surface area contributed by atoms with Gasteiger partial charge in [0.05, 0.1) is 0 Å². The van der Waals surface area contributed by atoms with Crippen molar-refractivity contribution in [2.45, 2.75) is 6.42 Å². The number of carbonyl (C=O) groups is 1. The fourth-order valence-electron chi connectivity index (χ4n) is 0.732. The monoisotopic (exact) mass is 185 g/mol. The molecule has 1 aromatic heterocycles. The van der Waals surface area contributed by atoms with Crippen LogP contribution in [0, 0.1) is 0 Å². The van der Waals surface area contributed by atoms with Crippen molar-refractivity contribution in [1.29, 1.82) is 0 Å². The molecule has 1 aromatic rings. The fraction of sp³-hybridized carbons (Fsp3) is 0.143. The minimum absolute atomic E-state index is 0.170. The average Bonchev–Trinajstić information content (AvgIpc) is 2.51. The summed E-state index contributed by atoms with van der Waals surface area (Å²) in [4.78, 5) is 11.2. The van der Waals surface area contributed by atoms with E-state index >= 15 is 0 Å². The predicted octanol–water partition coefficient (Wildman–Crippen LogP) is 1.21. The molecule has 1 heterocycles. The first kappa shape index (κ1) is 8.73. The van der Waals surface area contributed by atoms with Gasteiger partial charge in [-0.2, -0.15) is 0 Å². The highest BCUT2D eigenvalue weighted by Crippen LogP contribution is 2.09. The lowest BCUT2D eigenvalue weighted by Crippen LogP contribution is -2.15. The molecule has 4 nitrogen and oxygen atoms in total. The summed E-state index contributed by atoms with van der Waals surface area (Å²) < 4.78 is 0. The third-order valence-electron chi connectivity index (χ3n) is 1.29. The van der Waals surface area contributed by atoms with Crippen LogP contribution in [-0.2, 0) is 11.2 Å². The van der Waals surface area contributed by atoms with E-state index in [-0.39, 0.29) is 12.1 Å². The summed E-state index contributed by atoms with van der Waals surface area (Å²) in [7, 11) is 0. The maximum Gasteiger partial charge on any atom is 0.354 e. The summed E-state index contributed by atoms with van der Waals surface area (Å²) in [6.07, 6.45) is 0.170. The van der Waals surface area contributed by atoms with Gasteiger partial charge in [0, 0.05) is 11.3 Å². The lowest BCUT2D eigenvalue weighted by Gasteiger charge is -1.94. The van der Waals surface area contributed by atoms with Crippen LogP contribution in [0.1, 0.15) is 4.88 Å². The molecule has 0 aliphatic rings. The molecule has 0 radical (unpaired) electrons. The highest BCUT2D eigenvalue weighted by atomic mass is 32.1. The molecular weight excluding hydrogens is 178 g/mol. The molecule has 0 aliphatic heterocycles. The smallest absolute Gasteiger partial charge is 0.354 e. The van der Waals surface area contributed by atoms with Crippen LogP contribution in [0.2, 0.25) is 0 Å². The van der Waals surface area contributed by atoms with Gasteiger partial charge in [-0.3, -0.25) is 0 Å². The van der Waals surface area contributed by atoms with E-state index in [0.29, 0.717) is 0 Å². The van der Waals surface area contributed by atoms with Gasteiger partial charge in [-0.05, 0) is 11.4 Å². The first-order chi connectivity index (χ1) is 5.74. The maximum absolute atomic E-state index is 10.4. The highest BCUT2D eigenvalue weighted by molar-refractivity contribution is 7.10. The van der Waals surface area contributed by atoms with Crippen LogP contribution in [0.4, 0.5) is 0 Å². The van der Waals surface area contributed by atoms with E-state index in [4.69, 9.17) is 10.3 Å². The number of carboxylic acids is 1. The Morgan fingerprint density at radius 2 is 2.42 bits per heavy atom. The van der Waals surface area contributed by atoms with Gasteiger partial charge in [0.1, 0.15) is 0 Å². The molecule has 12 heavy (non-hydrogen) atoms. The molecule has 1 rings (SSSR count). The van der Waals surface area contributed by atoms with Crippen LogP contribution in [-0.4, -0.2) is 22.0 Å². The molecule has 0 aromatic carbocycles. The second kappa shape index (κ2) is 3.87. The SMILES string of the molecule is O=C(O)/C(Cc1cccs1)=N/O. The van der Waals surface area contributed by atoms with Crippen molar-refractivity contribution < 1.29 is 15.1 Å². The van der Waals surface area contributed by atoms with E-state index in [0.717, 1.165) is 4.88 Å². The Balaban J connectivity index is 2.68. The zero-order valence-electron chi connectivity index (χ0n) is 6.10. The molecule has 0 aliphatic carbocycles. The van der Waals surface area contributed by atoms with Crippen molar-refractivity contribution >= 4 is 23.0 Å². The second-order valence-corrected chi connectivity index (χ2v) is 3.14. The van der Waals surface area contributed by atoms with Crippen LogP contribution in [0.5, 0.6) is 0 Å². The standard InChI is InChI=1S/C7H7NO3S/c9-7(10)6(8-11)4-5-2-1-3-12-5/h1-3,11H,4H2,(H,9,10)/b8-6+. The summed E-state index contributed by atoms with van der Waals surface area (Å²) in [6.45, 7) is 0. The van der Waals surface area contributed by atoms with E-state index in [1.165, 1.54) is 11.3 Å². The van der Waals surface area contributed by atoms with Gasteiger partial charge in [0.2, 0.25) is 0 Å². The van der Waals surface area contributed by atoms with Crippen molar-refractivity contribution in [2.24, 2.45) is 5.16 Å². The molecule has 0 saturated heterocycles. The molecule has 0 atom stereocenters. The molecule has 64 valence electrons. The number of nitrogens with zero attached hydrogens (tertiary/aromatic N) is 1. The normalized spacial score (nSPS) is 11.5. The number of thiophene rings is 1. The molecular formula is C7H7NO3S. The Hall–Kier alpha value is -1.36. The first-order valence-electron chi connectivity index (χ1n) is 3.20. The Labute approximate surface area is 72.8 Å². The lowest BCUT2D eigenvalue weighted by atomic mass is 10.2. The largest absolute Gasteiger partial charge is 0.477 e. The quantitative estimate of drug-likeness (QED) is 0.422. The number of carboxylic acid groups (broad SMARTS) is 1. The number of aliphatic carboxylic acids is 1. The third kappa shape index (κ3) is 2.06. The van der Waals surface area contributed by atoms with Crippen molar-refractivity contribution in [3.63, 3.8) is 0 Å². The van der Waals surface area contributed by atoms with E-state index in [2.05, 4.69) is 5.16 Å². The van der Waals surface area contributed by atoms with Crippen LogP contribution in [0.25, 0.3) is 0 Å². The van der Waals surface area contributed by atoms with E-state index in [1.54, 1.807) is 6.07 Å². The summed E-state index contributed by atoms with van der Waals surface area (Å²) >= 11 is 1.43. The van der Waals surface area contributed by atoms with E-state index in [1.807, 2.05) is 11.4 Å². The third-order valence-corrected chi connectivity index (χ3v) is 2.17. The first-order valence-corrected chi connectivity index (χ1v) is 4.08. The summed E-state index contributed by atoms with van der Waals surface area (Å²) in [5, 5.41) is 21.3. The topological polar surface area (TPSA) is 69.9 Å². The van der Waals surface area contributed by atoms with Crippen LogP contribution >= 0.6 is 11.3 Å². The van der Waals surface area contributed by atoms with Crippen molar-refractivity contribution in [1.82, 2.24) is 0 Å². The predicted molar refractivity (Wildman–Crippen MR) is 44.9 cm³/mol. The molecule has 0 bridgehead atoms. The zero-order chi connectivity index (χ0) is 8.97. The summed E-state index contributed by atoms with van der Waals surface area (Å²) in [5.74, 6) is -1.19. The van der Waals surface area contributed by atoms with Crippen molar-refractivity contribution in [3.05, 3.63) is 22.4 Å². The molecule has 0 spiro atoms. The molecule has 0 fully saturated rings. The molecule has 0 unspecified atom stereocenters. The number of oxime groups is 1. The van der Waals surface area contributed by atoms with E-state index in [9.17, 15) is 4.79 Å². The Morgan fingerprint density at radius 1 is 1.67 bits per heavy atom. The van der Waals surface area contributed by atoms with E-state index < -0.39 is 5.97 Å². The zero-order valence-corrected chi connectivity index (χ0v) is 6.91. The summed E-state index contributed by atoms with van der Waals surface area (Å²) in [6, 6.07) is 3.61. The number of rotatable bonds is 3. The van der Waals surface area contributed by atoms with Crippen molar-refractivity contribution in [3.8, 4) is 0 Å². The summed E-state index contributed by atoms with van der Waals surface area (Å²) in [5.41, 5.74) is -0.238. The molecule has 5 heteroatoms. The Bertz CT molecular complexity index is 292. The Morgan fingerprint density at radius 3 is 2.83 bits per heavy atom. The highest BCUT2D eigenvalue weighted by Gasteiger charge is 2.10. The van der Waals surface area contributed by atoms with Gasteiger partial charge in [0.15, 0.2) is 5.71 Å². The van der Waals surface area contributed by atoms with Gasteiger partial charge in [0.25, 0.3) is 0 Å². The number of hydrogen-bond acceptors (Lipinski definition) is 4. The van der Waals surface area contributed by atoms with Gasteiger partial charge in [-0.25, -0.2) is 4.79 Å². The lowest BCUT2D eigenvalue weighted by molar-refractivity contribution is -0.129. The molecule has 0 saturated carbocycles. The van der Waals surface area contributed by atoms with Gasteiger partial charge in [-0.1, -0.05) is 11.2 Å². The van der Waals surface area contributed by atoms with Crippen LogP contribution < -0.4 is 0 Å². The fourth-order valence-corrected chi connectivity index (χ4v) is 1.44. The molecule has 2 N–H and O–H groups in total. The van der Waals surface area contributed by atoms with Gasteiger partial charge in [-0.15, -0.1) is 11.3 Å². The van der Waals surface area contributed by atoms with Gasteiger partial charge >= 0.3 is 5.97 Å². The second-order valence-electron chi connectivity index (χ2n) is 2.11. The van der Waals surface area contributed by atoms with Crippen molar-refractivity contribution in [2.75, 3.05) is 0 Å². The minimum atomic E-state index is -1.19.